The van der Waals surface area contributed by atoms with Crippen LogP contribution in [-0.4, -0.2) is 100 Å². The van der Waals surface area contributed by atoms with Crippen LogP contribution in [0, 0.1) is 22.7 Å². The van der Waals surface area contributed by atoms with Crippen LogP contribution in [0.4, 0.5) is 0 Å². The van der Waals surface area contributed by atoms with Crippen LogP contribution >= 0.6 is 0 Å². The second-order valence-electron chi connectivity index (χ2n) is 11.9. The molecule has 2 rings (SSSR count). The first-order chi connectivity index (χ1) is 16.9. The summed E-state index contributed by atoms with van der Waals surface area (Å²) in [5.74, 6) is 0.273. The summed E-state index contributed by atoms with van der Waals surface area (Å²) < 4.78 is 22.0. The zero-order valence-corrected chi connectivity index (χ0v) is 23.3. The van der Waals surface area contributed by atoms with Crippen molar-refractivity contribution >= 4 is 17.7 Å². The molecule has 0 aromatic rings. The van der Waals surface area contributed by atoms with E-state index in [9.17, 15) is 14.4 Å². The van der Waals surface area contributed by atoms with Crippen molar-refractivity contribution in [2.45, 2.75) is 60.8 Å². The summed E-state index contributed by atoms with van der Waals surface area (Å²) in [6.45, 7) is 18.0. The molecule has 0 N–H and O–H groups in total. The minimum atomic E-state index is -0.252. The van der Waals surface area contributed by atoms with Crippen molar-refractivity contribution in [1.82, 2.24) is 9.80 Å². The molecule has 0 spiro atoms. The molecule has 2 aliphatic rings. The van der Waals surface area contributed by atoms with Gasteiger partial charge in [0.2, 0.25) is 17.7 Å². The number of imide groups is 1. The summed E-state index contributed by atoms with van der Waals surface area (Å²) in [7, 11) is 0. The van der Waals surface area contributed by atoms with Crippen molar-refractivity contribution in [2.24, 2.45) is 22.7 Å². The highest BCUT2D eigenvalue weighted by molar-refractivity contribution is 6.03. The molecule has 9 nitrogen and oxygen atoms in total. The maximum Gasteiger partial charge on any atom is 0.233 e. The number of nitrogens with zero attached hydrogens (tertiary/aromatic N) is 2. The Bertz CT molecular complexity index is 714. The molecular formula is C27H48N2O7. The molecule has 208 valence electrons. The molecule has 0 aromatic heterocycles. The second-order valence-corrected chi connectivity index (χ2v) is 11.9. The summed E-state index contributed by atoms with van der Waals surface area (Å²) in [6, 6.07) is 0. The van der Waals surface area contributed by atoms with Crippen LogP contribution in [0.15, 0.2) is 0 Å². The molecule has 2 aliphatic heterocycles. The quantitative estimate of drug-likeness (QED) is 0.246. The monoisotopic (exact) mass is 512 g/mol. The molecule has 2 atom stereocenters. The maximum atomic E-state index is 12.4. The van der Waals surface area contributed by atoms with E-state index in [1.807, 2.05) is 25.7 Å². The number of likely N-dealkylation sites (tertiary alicyclic amines) is 2. The molecule has 0 radical (unpaired) electrons. The van der Waals surface area contributed by atoms with Crippen LogP contribution in [0.1, 0.15) is 60.8 Å². The zero-order chi connectivity index (χ0) is 26.8. The molecule has 3 amide bonds. The average Bonchev–Trinajstić information content (AvgIpc) is 3.39. The van der Waals surface area contributed by atoms with Gasteiger partial charge in [-0.3, -0.25) is 19.3 Å². The van der Waals surface area contributed by atoms with E-state index in [0.717, 1.165) is 19.5 Å². The van der Waals surface area contributed by atoms with E-state index in [1.54, 1.807) is 0 Å². The van der Waals surface area contributed by atoms with E-state index in [4.69, 9.17) is 18.9 Å². The lowest BCUT2D eigenvalue weighted by molar-refractivity contribution is -0.141. The lowest BCUT2D eigenvalue weighted by Gasteiger charge is -2.27. The molecule has 9 heteroatoms. The van der Waals surface area contributed by atoms with Crippen molar-refractivity contribution in [1.29, 1.82) is 0 Å². The van der Waals surface area contributed by atoms with Crippen LogP contribution in [0.25, 0.3) is 0 Å². The maximum absolute atomic E-state index is 12.4. The Morgan fingerprint density at radius 2 is 1.33 bits per heavy atom. The summed E-state index contributed by atoms with van der Waals surface area (Å²) in [4.78, 5) is 40.1. The highest BCUT2D eigenvalue weighted by atomic mass is 16.6. The van der Waals surface area contributed by atoms with Crippen LogP contribution < -0.4 is 0 Å². The first kappa shape index (κ1) is 30.7. The minimum absolute atomic E-state index is 0.0964. The Hall–Kier alpha value is -1.55. The lowest BCUT2D eigenvalue weighted by Crippen LogP contribution is -2.36. The topological polar surface area (TPSA) is 94.6 Å². The number of ether oxygens (including phenoxy) is 4. The number of amides is 3. The van der Waals surface area contributed by atoms with E-state index in [0.29, 0.717) is 65.2 Å². The molecule has 2 fully saturated rings. The molecule has 2 heterocycles. The third-order valence-electron chi connectivity index (χ3n) is 7.09. The summed E-state index contributed by atoms with van der Waals surface area (Å²) in [5.41, 5.74) is 0.0276. The molecule has 0 bridgehead atoms. The minimum Gasteiger partial charge on any atom is -0.379 e. The molecule has 1 unspecified atom stereocenters. The van der Waals surface area contributed by atoms with E-state index in [1.165, 1.54) is 4.90 Å². The third kappa shape index (κ3) is 10.1. The van der Waals surface area contributed by atoms with Gasteiger partial charge in [0.15, 0.2) is 0 Å². The van der Waals surface area contributed by atoms with Gasteiger partial charge in [-0.2, -0.15) is 0 Å². The Balaban J connectivity index is 1.37. The second kappa shape index (κ2) is 14.4. The summed E-state index contributed by atoms with van der Waals surface area (Å²) >= 11 is 0. The van der Waals surface area contributed by atoms with Gasteiger partial charge in [-0.05, 0) is 23.2 Å². The number of carbonyl (C=O) groups excluding carboxylic acids is 3. The van der Waals surface area contributed by atoms with Crippen LogP contribution in [0.5, 0.6) is 0 Å². The van der Waals surface area contributed by atoms with Gasteiger partial charge in [0.1, 0.15) is 0 Å². The average molecular weight is 513 g/mol. The van der Waals surface area contributed by atoms with E-state index in [-0.39, 0.29) is 47.4 Å². The van der Waals surface area contributed by atoms with Gasteiger partial charge < -0.3 is 23.8 Å². The van der Waals surface area contributed by atoms with Crippen molar-refractivity contribution in [3.8, 4) is 0 Å². The van der Waals surface area contributed by atoms with Crippen LogP contribution in [-0.2, 0) is 33.3 Å². The largest absolute Gasteiger partial charge is 0.379 e. The van der Waals surface area contributed by atoms with Gasteiger partial charge in [-0.1, -0.05) is 41.5 Å². The molecule has 36 heavy (non-hydrogen) atoms. The van der Waals surface area contributed by atoms with E-state index < -0.39 is 0 Å². The van der Waals surface area contributed by atoms with Crippen molar-refractivity contribution < 1.29 is 33.3 Å². The smallest absolute Gasteiger partial charge is 0.233 e. The third-order valence-corrected chi connectivity index (χ3v) is 7.09. The standard InChI is InChI=1S/C27H48N2O7/c1-26(2,3)21-7-9-28(20-21)23(30)8-11-33-13-15-35-17-18-36-16-14-34-12-10-29-24(31)19-22(25(29)32)27(4,5)6/h21-22H,7-20H2,1-6H3/t21-,22?/m1/s1. The molecule has 0 saturated carbocycles. The SMILES string of the molecule is CC(C)(C)C1CC(=O)N(CCOCCOCCOCCOCCC(=O)N2CC[C@@H](C(C)(C)C)C2)C1=O. The Kier molecular flexibility index (Phi) is 12.3. The molecule has 0 aromatic carbocycles. The fourth-order valence-electron chi connectivity index (χ4n) is 4.52. The number of carbonyl (C=O) groups is 3. The molecule has 0 aliphatic carbocycles. The number of hydrogen-bond acceptors (Lipinski definition) is 7. The number of rotatable bonds is 15. The molecular weight excluding hydrogens is 464 g/mol. The Labute approximate surface area is 217 Å². The molecule has 2 saturated heterocycles. The highest BCUT2D eigenvalue weighted by Crippen LogP contribution is 2.35. The van der Waals surface area contributed by atoms with Crippen molar-refractivity contribution in [3.63, 3.8) is 0 Å². The lowest BCUT2D eigenvalue weighted by atomic mass is 9.80. The number of hydrogen-bond donors (Lipinski definition) is 0. The van der Waals surface area contributed by atoms with Crippen LogP contribution in [0.2, 0.25) is 0 Å². The van der Waals surface area contributed by atoms with E-state index >= 15 is 0 Å². The van der Waals surface area contributed by atoms with Crippen molar-refractivity contribution in [3.05, 3.63) is 0 Å². The summed E-state index contributed by atoms with van der Waals surface area (Å²) in [6.07, 6.45) is 1.78. The predicted octanol–water partition coefficient (Wildman–Crippen LogP) is 2.76. The summed E-state index contributed by atoms with van der Waals surface area (Å²) in [5, 5.41) is 0. The van der Waals surface area contributed by atoms with Crippen LogP contribution in [0.3, 0.4) is 0 Å². The van der Waals surface area contributed by atoms with Gasteiger partial charge in [0, 0.05) is 19.5 Å². The van der Waals surface area contributed by atoms with Gasteiger partial charge in [0.05, 0.1) is 71.7 Å². The van der Waals surface area contributed by atoms with Crippen molar-refractivity contribution in [2.75, 3.05) is 72.5 Å². The van der Waals surface area contributed by atoms with Gasteiger partial charge >= 0.3 is 0 Å². The van der Waals surface area contributed by atoms with Gasteiger partial charge in [0.25, 0.3) is 0 Å². The zero-order valence-electron chi connectivity index (χ0n) is 23.3. The van der Waals surface area contributed by atoms with Gasteiger partial charge in [-0.25, -0.2) is 0 Å². The first-order valence-electron chi connectivity index (χ1n) is 13.3. The fourth-order valence-corrected chi connectivity index (χ4v) is 4.52. The predicted molar refractivity (Wildman–Crippen MR) is 136 cm³/mol. The first-order valence-corrected chi connectivity index (χ1v) is 13.3. The normalized spacial score (nSPS) is 21.2. The fraction of sp³-hybridized carbons (Fsp3) is 0.889. The van der Waals surface area contributed by atoms with E-state index in [2.05, 4.69) is 20.8 Å². The Morgan fingerprint density at radius 3 is 1.81 bits per heavy atom. The van der Waals surface area contributed by atoms with Gasteiger partial charge in [-0.15, -0.1) is 0 Å². The Morgan fingerprint density at radius 1 is 0.806 bits per heavy atom. The highest BCUT2D eigenvalue weighted by Gasteiger charge is 2.44.